The largest absolute Gasteiger partial charge is 0.385 e. The molecule has 0 spiro atoms. The maximum atomic E-state index is 11.4. The van der Waals surface area contributed by atoms with Crippen LogP contribution in [-0.4, -0.2) is 66.9 Å². The summed E-state index contributed by atoms with van der Waals surface area (Å²) in [6.45, 7) is 2.28. The van der Waals surface area contributed by atoms with E-state index in [2.05, 4.69) is 55.0 Å². The van der Waals surface area contributed by atoms with Crippen molar-refractivity contribution < 1.29 is 9.84 Å². The van der Waals surface area contributed by atoms with E-state index in [1.807, 2.05) is 0 Å². The Kier molecular flexibility index (Phi) is 3.80. The number of ether oxygens (including phenoxy) is 1. The second kappa shape index (κ2) is 5.59. The quantitative estimate of drug-likeness (QED) is 0.846. The summed E-state index contributed by atoms with van der Waals surface area (Å²) >= 11 is 0. The molecule has 0 saturated carbocycles. The van der Waals surface area contributed by atoms with E-state index in [1.165, 1.54) is 5.56 Å². The number of hydrogen-bond donors (Lipinski definition) is 1. The molecule has 3 fully saturated rings. The van der Waals surface area contributed by atoms with E-state index in [-0.39, 0.29) is 17.8 Å². The zero-order valence-electron chi connectivity index (χ0n) is 14.2. The number of rotatable bonds is 3. The first-order valence-electron chi connectivity index (χ1n) is 8.95. The molecule has 3 atom stereocenters. The first kappa shape index (κ1) is 15.6. The standard InChI is InChI=1S/C18H27BN2O2/c1-20-12-18(22,13-20)17(11-19)9-5-8-16-21(17)15(10-23-16)14-6-3-2-4-7-14/h2-4,6-7,15-16,22H,5,8-13,19H2,1H3/t15-,16+,17-/m1/s1. The monoisotopic (exact) mass is 314 g/mol. The third-order valence-corrected chi connectivity index (χ3v) is 6.33. The third kappa shape index (κ3) is 2.21. The van der Waals surface area contributed by atoms with Crippen molar-refractivity contribution in [3.8, 4) is 0 Å². The normalized spacial score (nSPS) is 37.3. The third-order valence-electron chi connectivity index (χ3n) is 6.33. The van der Waals surface area contributed by atoms with E-state index >= 15 is 0 Å². The molecule has 1 aromatic rings. The molecule has 1 N–H and O–H groups in total. The van der Waals surface area contributed by atoms with Crippen LogP contribution in [-0.2, 0) is 4.74 Å². The van der Waals surface area contributed by atoms with Crippen LogP contribution in [0.25, 0.3) is 0 Å². The van der Waals surface area contributed by atoms with Gasteiger partial charge in [0.15, 0.2) is 0 Å². The smallest absolute Gasteiger partial charge is 0.111 e. The summed E-state index contributed by atoms with van der Waals surface area (Å²) in [7, 11) is 4.33. The molecule has 0 unspecified atom stereocenters. The maximum Gasteiger partial charge on any atom is 0.111 e. The lowest BCUT2D eigenvalue weighted by Crippen LogP contribution is -2.78. The lowest BCUT2D eigenvalue weighted by atomic mass is 9.62. The van der Waals surface area contributed by atoms with Crippen molar-refractivity contribution in [1.29, 1.82) is 0 Å². The fraction of sp³-hybridized carbons (Fsp3) is 0.667. The van der Waals surface area contributed by atoms with Gasteiger partial charge in [-0.1, -0.05) is 36.7 Å². The molecule has 4 nitrogen and oxygen atoms in total. The average Bonchev–Trinajstić information content (AvgIpc) is 2.98. The van der Waals surface area contributed by atoms with Crippen molar-refractivity contribution in [3.05, 3.63) is 35.9 Å². The highest BCUT2D eigenvalue weighted by atomic mass is 16.5. The van der Waals surface area contributed by atoms with Gasteiger partial charge in [0.25, 0.3) is 0 Å². The van der Waals surface area contributed by atoms with Crippen LogP contribution >= 0.6 is 0 Å². The Morgan fingerprint density at radius 3 is 2.70 bits per heavy atom. The Balaban J connectivity index is 1.73. The van der Waals surface area contributed by atoms with Crippen LogP contribution < -0.4 is 0 Å². The number of nitrogens with zero attached hydrogens (tertiary/aromatic N) is 2. The van der Waals surface area contributed by atoms with Gasteiger partial charge in [-0.15, -0.1) is 0 Å². The topological polar surface area (TPSA) is 35.9 Å². The molecule has 5 heteroatoms. The molecule has 0 aliphatic carbocycles. The number of likely N-dealkylation sites (N-methyl/N-ethyl adjacent to an activating group) is 1. The van der Waals surface area contributed by atoms with Gasteiger partial charge in [0, 0.05) is 18.6 Å². The van der Waals surface area contributed by atoms with Gasteiger partial charge >= 0.3 is 0 Å². The number of β-amino-alcohol motifs (C(OH)–C–C–N with tert-alkyl or cyclic N) is 1. The lowest BCUT2D eigenvalue weighted by molar-refractivity contribution is -0.214. The van der Waals surface area contributed by atoms with Crippen molar-refractivity contribution in [2.24, 2.45) is 0 Å². The molecule has 0 radical (unpaired) electrons. The fourth-order valence-electron chi connectivity index (χ4n) is 5.29. The van der Waals surface area contributed by atoms with Crippen molar-refractivity contribution in [3.63, 3.8) is 0 Å². The van der Waals surface area contributed by atoms with Crippen LogP contribution in [0.15, 0.2) is 30.3 Å². The summed E-state index contributed by atoms with van der Waals surface area (Å²) in [6, 6.07) is 10.9. The highest BCUT2D eigenvalue weighted by Gasteiger charge is 2.62. The highest BCUT2D eigenvalue weighted by molar-refractivity contribution is 6.09. The Morgan fingerprint density at radius 1 is 1.30 bits per heavy atom. The number of aliphatic hydroxyl groups is 1. The van der Waals surface area contributed by atoms with Crippen LogP contribution in [0.4, 0.5) is 0 Å². The summed E-state index contributed by atoms with van der Waals surface area (Å²) in [5, 5.41) is 11.4. The zero-order valence-corrected chi connectivity index (χ0v) is 14.2. The van der Waals surface area contributed by atoms with Gasteiger partial charge in [-0.3, -0.25) is 4.90 Å². The lowest BCUT2D eigenvalue weighted by Gasteiger charge is -2.63. The Hall–Kier alpha value is -0.875. The van der Waals surface area contributed by atoms with Crippen LogP contribution in [0.3, 0.4) is 0 Å². The van der Waals surface area contributed by atoms with E-state index in [0.29, 0.717) is 0 Å². The molecule has 1 aromatic carbocycles. The van der Waals surface area contributed by atoms with Crippen LogP contribution in [0.5, 0.6) is 0 Å². The van der Waals surface area contributed by atoms with Gasteiger partial charge in [-0.05, 0) is 31.9 Å². The number of likely N-dealkylation sites (tertiary alicyclic amines) is 1. The minimum Gasteiger partial charge on any atom is -0.385 e. The molecule has 3 heterocycles. The molecule has 3 aliphatic heterocycles. The second-order valence-electron chi connectivity index (χ2n) is 7.60. The Bertz CT molecular complexity index is 563. The Morgan fingerprint density at radius 2 is 2.04 bits per heavy atom. The summed E-state index contributed by atoms with van der Waals surface area (Å²) in [4.78, 5) is 4.76. The molecule has 4 rings (SSSR count). The minimum atomic E-state index is -0.615. The summed E-state index contributed by atoms with van der Waals surface area (Å²) in [6.07, 6.45) is 4.42. The summed E-state index contributed by atoms with van der Waals surface area (Å²) in [5.74, 6) is 0. The van der Waals surface area contributed by atoms with Crippen molar-refractivity contribution >= 4 is 7.85 Å². The molecule has 3 saturated heterocycles. The van der Waals surface area contributed by atoms with Crippen LogP contribution in [0.1, 0.15) is 30.9 Å². The Labute approximate surface area is 139 Å². The van der Waals surface area contributed by atoms with Crippen molar-refractivity contribution in [1.82, 2.24) is 9.80 Å². The average molecular weight is 314 g/mol. The number of hydrogen-bond acceptors (Lipinski definition) is 4. The van der Waals surface area contributed by atoms with Gasteiger partial charge in [0.05, 0.1) is 12.6 Å². The van der Waals surface area contributed by atoms with Gasteiger partial charge in [0.1, 0.15) is 19.7 Å². The van der Waals surface area contributed by atoms with E-state index in [0.717, 1.165) is 45.3 Å². The molecular weight excluding hydrogens is 287 g/mol. The van der Waals surface area contributed by atoms with Gasteiger partial charge in [-0.25, -0.2) is 0 Å². The molecule has 0 aromatic heterocycles. The number of fused-ring (bicyclic) bond motifs is 1. The maximum absolute atomic E-state index is 11.4. The minimum absolute atomic E-state index is 0.156. The van der Waals surface area contributed by atoms with Crippen molar-refractivity contribution in [2.75, 3.05) is 26.7 Å². The van der Waals surface area contributed by atoms with E-state index < -0.39 is 5.60 Å². The number of piperidine rings is 1. The SMILES string of the molecule is BC[C@@]1(C2(O)CN(C)C2)CCC[C@@H]2OC[C@H](c3ccccc3)N21. The molecule has 23 heavy (non-hydrogen) atoms. The zero-order chi connectivity index (χ0) is 16.1. The predicted octanol–water partition coefficient (Wildman–Crippen LogP) is 1.04. The molecule has 0 bridgehead atoms. The van der Waals surface area contributed by atoms with Gasteiger partial charge < -0.3 is 14.7 Å². The predicted molar refractivity (Wildman–Crippen MR) is 93.1 cm³/mol. The number of benzene rings is 1. The van der Waals surface area contributed by atoms with Crippen molar-refractivity contribution in [2.45, 2.75) is 49.0 Å². The fourth-order valence-corrected chi connectivity index (χ4v) is 5.29. The highest BCUT2D eigenvalue weighted by Crippen LogP contribution is 2.52. The van der Waals surface area contributed by atoms with Gasteiger partial charge in [0.2, 0.25) is 0 Å². The molecule has 3 aliphatic rings. The summed E-state index contributed by atoms with van der Waals surface area (Å²) in [5.41, 5.74) is 0.529. The van der Waals surface area contributed by atoms with E-state index in [9.17, 15) is 5.11 Å². The second-order valence-corrected chi connectivity index (χ2v) is 7.60. The van der Waals surface area contributed by atoms with E-state index in [1.54, 1.807) is 0 Å². The molecular formula is C18H27BN2O2. The summed E-state index contributed by atoms with van der Waals surface area (Å²) < 4.78 is 6.17. The van der Waals surface area contributed by atoms with E-state index in [4.69, 9.17) is 4.74 Å². The first-order valence-corrected chi connectivity index (χ1v) is 8.95. The van der Waals surface area contributed by atoms with Gasteiger partial charge in [-0.2, -0.15) is 0 Å². The first-order chi connectivity index (χ1) is 11.1. The molecule has 0 amide bonds. The van der Waals surface area contributed by atoms with Crippen LogP contribution in [0, 0.1) is 0 Å². The molecule has 124 valence electrons. The van der Waals surface area contributed by atoms with Crippen LogP contribution in [0.2, 0.25) is 6.32 Å².